The standard InChI is InChI=1S/C15H12ClNO2/c1-15-6-5-11(19)14(17-2)12(15)8-3-4-10(18)13(16)9(8)7-15/h3-4,18H,5-7H2,1H3. The van der Waals surface area contributed by atoms with Crippen LogP contribution in [0, 0.1) is 12.0 Å². The van der Waals surface area contributed by atoms with Crippen LogP contribution in [0.2, 0.25) is 5.02 Å². The number of allylic oxidation sites excluding steroid dienone is 2. The summed E-state index contributed by atoms with van der Waals surface area (Å²) in [5, 5.41) is 10.0. The van der Waals surface area contributed by atoms with Crippen molar-refractivity contribution in [3.8, 4) is 5.75 Å². The molecule has 1 aromatic carbocycles. The zero-order valence-electron chi connectivity index (χ0n) is 10.5. The number of halogens is 1. The summed E-state index contributed by atoms with van der Waals surface area (Å²) in [6.45, 7) is 9.33. The summed E-state index contributed by atoms with van der Waals surface area (Å²) in [5.41, 5.74) is 2.55. The van der Waals surface area contributed by atoms with Crippen LogP contribution in [0.5, 0.6) is 5.75 Å². The molecule has 1 aromatic rings. The van der Waals surface area contributed by atoms with Crippen molar-refractivity contribution in [3.63, 3.8) is 0 Å². The number of Topliss-reactive ketones (excluding diaryl/α,β-unsaturated/α-hetero) is 1. The van der Waals surface area contributed by atoms with E-state index in [1.807, 2.05) is 0 Å². The SMILES string of the molecule is [C-]#[N+]C1=C2c3ccc(O)c(Cl)c3CC2(C)CCC1=O. The van der Waals surface area contributed by atoms with Gasteiger partial charge in [-0.1, -0.05) is 24.6 Å². The molecule has 0 saturated carbocycles. The lowest BCUT2D eigenvalue weighted by molar-refractivity contribution is -0.116. The van der Waals surface area contributed by atoms with E-state index in [4.69, 9.17) is 18.2 Å². The van der Waals surface area contributed by atoms with Crippen LogP contribution < -0.4 is 0 Å². The van der Waals surface area contributed by atoms with Crippen LogP contribution in [0.3, 0.4) is 0 Å². The lowest BCUT2D eigenvalue weighted by Gasteiger charge is -2.30. The molecular weight excluding hydrogens is 262 g/mol. The fourth-order valence-electron chi connectivity index (χ4n) is 3.21. The second-order valence-corrected chi connectivity index (χ2v) is 5.80. The van der Waals surface area contributed by atoms with Gasteiger partial charge in [-0.2, -0.15) is 0 Å². The molecular formula is C15H12ClNO2. The molecule has 0 heterocycles. The summed E-state index contributed by atoms with van der Waals surface area (Å²) < 4.78 is 0. The minimum absolute atomic E-state index is 0.0546. The molecule has 2 aliphatic rings. The molecule has 2 aliphatic carbocycles. The lowest BCUT2D eigenvalue weighted by Crippen LogP contribution is -2.24. The number of aromatic hydroxyl groups is 1. The van der Waals surface area contributed by atoms with Gasteiger partial charge in [0.15, 0.2) is 5.78 Å². The number of carbonyl (C=O) groups excluding carboxylic acids is 1. The molecule has 0 saturated heterocycles. The first kappa shape index (κ1) is 12.3. The number of ketones is 1. The number of carbonyl (C=O) groups is 1. The van der Waals surface area contributed by atoms with Gasteiger partial charge in [-0.3, -0.25) is 0 Å². The number of hydrogen-bond acceptors (Lipinski definition) is 2. The molecule has 0 spiro atoms. The molecule has 1 N–H and O–H groups in total. The monoisotopic (exact) mass is 273 g/mol. The molecule has 1 atom stereocenters. The van der Waals surface area contributed by atoms with Crippen molar-refractivity contribution >= 4 is 23.0 Å². The normalized spacial score (nSPS) is 25.0. The second kappa shape index (κ2) is 3.85. The molecule has 0 radical (unpaired) electrons. The Kier molecular flexibility index (Phi) is 2.48. The molecule has 0 aromatic heterocycles. The first-order valence-electron chi connectivity index (χ1n) is 6.14. The van der Waals surface area contributed by atoms with Crippen LogP contribution in [-0.2, 0) is 11.2 Å². The molecule has 0 aliphatic heterocycles. The molecule has 4 heteroatoms. The zero-order chi connectivity index (χ0) is 13.8. The largest absolute Gasteiger partial charge is 0.506 e. The van der Waals surface area contributed by atoms with E-state index in [1.165, 1.54) is 6.07 Å². The summed E-state index contributed by atoms with van der Waals surface area (Å²) in [5.74, 6) is -0.0292. The van der Waals surface area contributed by atoms with Gasteiger partial charge in [0.25, 0.3) is 0 Å². The number of nitrogens with zero attached hydrogens (tertiary/aromatic N) is 1. The van der Waals surface area contributed by atoms with Gasteiger partial charge in [0, 0.05) is 6.42 Å². The van der Waals surface area contributed by atoms with Crippen molar-refractivity contribution in [3.05, 3.63) is 45.4 Å². The Balaban J connectivity index is 2.35. The summed E-state index contributed by atoms with van der Waals surface area (Å²) in [6.07, 6.45) is 1.82. The van der Waals surface area contributed by atoms with E-state index in [-0.39, 0.29) is 22.6 Å². The smallest absolute Gasteiger partial charge is 0.233 e. The Morgan fingerprint density at radius 3 is 2.89 bits per heavy atom. The molecule has 3 nitrogen and oxygen atoms in total. The molecule has 19 heavy (non-hydrogen) atoms. The van der Waals surface area contributed by atoms with E-state index in [0.29, 0.717) is 17.9 Å². The van der Waals surface area contributed by atoms with Gasteiger partial charge in [0.2, 0.25) is 5.70 Å². The minimum atomic E-state index is -0.215. The third kappa shape index (κ3) is 1.53. The number of phenols is 1. The fourth-order valence-corrected chi connectivity index (χ4v) is 3.44. The van der Waals surface area contributed by atoms with Crippen molar-refractivity contribution in [2.45, 2.75) is 26.2 Å². The third-order valence-corrected chi connectivity index (χ3v) is 4.60. The first-order valence-corrected chi connectivity index (χ1v) is 6.52. The lowest BCUT2D eigenvalue weighted by atomic mass is 9.73. The van der Waals surface area contributed by atoms with Crippen molar-refractivity contribution in [1.29, 1.82) is 0 Å². The highest BCUT2D eigenvalue weighted by atomic mass is 35.5. The molecule has 3 rings (SSSR count). The predicted octanol–water partition coefficient (Wildman–Crippen LogP) is 3.60. The highest BCUT2D eigenvalue weighted by Gasteiger charge is 2.45. The van der Waals surface area contributed by atoms with Crippen LogP contribution in [0.1, 0.15) is 30.9 Å². The highest BCUT2D eigenvalue weighted by Crippen LogP contribution is 2.56. The van der Waals surface area contributed by atoms with Gasteiger partial charge in [0.05, 0.1) is 11.6 Å². The molecule has 0 bridgehead atoms. The molecule has 96 valence electrons. The van der Waals surface area contributed by atoms with Crippen LogP contribution in [0.15, 0.2) is 17.8 Å². The molecule has 0 fully saturated rings. The predicted molar refractivity (Wildman–Crippen MR) is 72.7 cm³/mol. The van der Waals surface area contributed by atoms with Gasteiger partial charge in [-0.05, 0) is 41.0 Å². The average molecular weight is 274 g/mol. The average Bonchev–Trinajstić information content (AvgIpc) is 2.69. The van der Waals surface area contributed by atoms with E-state index < -0.39 is 0 Å². The maximum atomic E-state index is 11.9. The van der Waals surface area contributed by atoms with Gasteiger partial charge in [-0.25, -0.2) is 4.85 Å². The van der Waals surface area contributed by atoms with Crippen molar-refractivity contribution in [2.24, 2.45) is 5.41 Å². The number of phenolic OH excluding ortho intramolecular Hbond substituents is 1. The minimum Gasteiger partial charge on any atom is -0.506 e. The van der Waals surface area contributed by atoms with Crippen molar-refractivity contribution in [1.82, 2.24) is 0 Å². The summed E-state index contributed by atoms with van der Waals surface area (Å²) in [7, 11) is 0. The Hall–Kier alpha value is -1.79. The van der Waals surface area contributed by atoms with E-state index in [2.05, 4.69) is 11.8 Å². The van der Waals surface area contributed by atoms with Gasteiger partial charge in [0.1, 0.15) is 5.75 Å². The Bertz CT molecular complexity index is 684. The van der Waals surface area contributed by atoms with E-state index >= 15 is 0 Å². The first-order chi connectivity index (χ1) is 8.98. The summed E-state index contributed by atoms with van der Waals surface area (Å²) in [6, 6.07) is 3.29. The highest BCUT2D eigenvalue weighted by molar-refractivity contribution is 6.33. The summed E-state index contributed by atoms with van der Waals surface area (Å²) in [4.78, 5) is 15.4. The van der Waals surface area contributed by atoms with Crippen molar-refractivity contribution < 1.29 is 9.90 Å². The van der Waals surface area contributed by atoms with Gasteiger partial charge >= 0.3 is 0 Å². The fraction of sp³-hybridized carbons (Fsp3) is 0.333. The molecule has 0 amide bonds. The van der Waals surface area contributed by atoms with Crippen molar-refractivity contribution in [2.75, 3.05) is 0 Å². The van der Waals surface area contributed by atoms with Crippen LogP contribution in [-0.4, -0.2) is 10.9 Å². The Morgan fingerprint density at radius 2 is 2.21 bits per heavy atom. The van der Waals surface area contributed by atoms with Crippen LogP contribution >= 0.6 is 11.6 Å². The van der Waals surface area contributed by atoms with E-state index in [9.17, 15) is 9.90 Å². The maximum Gasteiger partial charge on any atom is 0.233 e. The Morgan fingerprint density at radius 1 is 1.47 bits per heavy atom. The Labute approximate surface area is 116 Å². The quantitative estimate of drug-likeness (QED) is 0.734. The second-order valence-electron chi connectivity index (χ2n) is 5.42. The summed E-state index contributed by atoms with van der Waals surface area (Å²) >= 11 is 6.16. The number of fused-ring (bicyclic) bond motifs is 3. The number of hydrogen-bond donors (Lipinski definition) is 1. The third-order valence-electron chi connectivity index (χ3n) is 4.18. The van der Waals surface area contributed by atoms with Crippen LogP contribution in [0.4, 0.5) is 0 Å². The van der Waals surface area contributed by atoms with Crippen LogP contribution in [0.25, 0.3) is 10.4 Å². The van der Waals surface area contributed by atoms with E-state index in [0.717, 1.165) is 23.1 Å². The van der Waals surface area contributed by atoms with E-state index in [1.54, 1.807) is 6.07 Å². The number of rotatable bonds is 0. The topological polar surface area (TPSA) is 41.7 Å². The van der Waals surface area contributed by atoms with Gasteiger partial charge in [-0.15, -0.1) is 0 Å². The van der Waals surface area contributed by atoms with Gasteiger partial charge < -0.3 is 9.90 Å². The molecule has 1 unspecified atom stereocenters. The number of benzene rings is 1. The zero-order valence-corrected chi connectivity index (χ0v) is 11.2. The maximum absolute atomic E-state index is 11.9.